The predicted octanol–water partition coefficient (Wildman–Crippen LogP) is 2.71. The molecule has 7 nitrogen and oxygen atoms in total. The summed E-state index contributed by atoms with van der Waals surface area (Å²) in [6.07, 6.45) is 4.91. The molecule has 7 heteroatoms. The fraction of sp³-hybridized carbons (Fsp3) is 0.526. The average molecular weight is 358 g/mol. The number of carbonyl (C=O) groups excluding carboxylic acids is 2. The number of furan rings is 1. The van der Waals surface area contributed by atoms with Gasteiger partial charge in [-0.25, -0.2) is 0 Å². The molecule has 1 fully saturated rings. The van der Waals surface area contributed by atoms with Crippen molar-refractivity contribution in [2.75, 3.05) is 13.1 Å². The van der Waals surface area contributed by atoms with Crippen molar-refractivity contribution in [3.05, 3.63) is 41.1 Å². The zero-order chi connectivity index (χ0) is 18.8. The molecule has 3 rings (SSSR count). The van der Waals surface area contributed by atoms with Crippen LogP contribution in [0.25, 0.3) is 0 Å². The predicted molar refractivity (Wildman–Crippen MR) is 97.2 cm³/mol. The molecule has 2 amide bonds. The van der Waals surface area contributed by atoms with Gasteiger partial charge in [0.15, 0.2) is 0 Å². The van der Waals surface area contributed by atoms with Crippen LogP contribution in [0.1, 0.15) is 65.0 Å². The van der Waals surface area contributed by atoms with Gasteiger partial charge < -0.3 is 14.6 Å². The zero-order valence-corrected chi connectivity index (χ0v) is 15.8. The maximum atomic E-state index is 12.6. The van der Waals surface area contributed by atoms with Crippen molar-refractivity contribution in [2.45, 2.75) is 52.6 Å². The van der Waals surface area contributed by atoms with Crippen LogP contribution in [-0.4, -0.2) is 45.6 Å². The molecule has 1 saturated heterocycles. The van der Waals surface area contributed by atoms with E-state index in [0.29, 0.717) is 30.0 Å². The second-order valence-corrected chi connectivity index (χ2v) is 7.17. The second kappa shape index (κ2) is 7.35. The molecule has 2 aromatic rings. The molecule has 0 spiro atoms. The summed E-state index contributed by atoms with van der Waals surface area (Å²) in [5.41, 5.74) is 1.20. The third-order valence-corrected chi connectivity index (χ3v) is 4.78. The number of nitrogens with zero attached hydrogens (tertiary/aromatic N) is 3. The average Bonchev–Trinajstić information content (AvgIpc) is 3.21. The van der Waals surface area contributed by atoms with E-state index in [4.69, 9.17) is 4.42 Å². The number of nitrogens with one attached hydrogen (secondary N) is 1. The Hall–Kier alpha value is -2.57. The SMILES string of the molecule is Cc1cc(C(=O)NC2CCN(C(=O)c3cnn(C(C)C)c3)CC2)c(C)o1. The quantitative estimate of drug-likeness (QED) is 0.911. The summed E-state index contributed by atoms with van der Waals surface area (Å²) in [4.78, 5) is 26.8. The molecule has 0 atom stereocenters. The lowest BCUT2D eigenvalue weighted by Crippen LogP contribution is -2.46. The van der Waals surface area contributed by atoms with Gasteiger partial charge in [0.1, 0.15) is 11.5 Å². The van der Waals surface area contributed by atoms with E-state index in [1.807, 2.05) is 25.7 Å². The first-order chi connectivity index (χ1) is 12.3. The molecule has 1 N–H and O–H groups in total. The summed E-state index contributed by atoms with van der Waals surface area (Å²) in [6.45, 7) is 8.92. The highest BCUT2D eigenvalue weighted by molar-refractivity contribution is 5.95. The molecule has 0 radical (unpaired) electrons. The number of hydrogen-bond acceptors (Lipinski definition) is 4. The molecule has 3 heterocycles. The van der Waals surface area contributed by atoms with Gasteiger partial charge in [-0.05, 0) is 46.6 Å². The summed E-state index contributed by atoms with van der Waals surface area (Å²) >= 11 is 0. The summed E-state index contributed by atoms with van der Waals surface area (Å²) in [5.74, 6) is 1.26. The van der Waals surface area contributed by atoms with E-state index in [9.17, 15) is 9.59 Å². The summed E-state index contributed by atoms with van der Waals surface area (Å²) in [5, 5.41) is 7.29. The molecule has 0 aromatic carbocycles. The highest BCUT2D eigenvalue weighted by atomic mass is 16.3. The standard InChI is InChI=1S/C19H26N4O3/c1-12(2)23-11-15(10-20-23)19(25)22-7-5-16(6-8-22)21-18(24)17-9-13(3)26-14(17)4/h9-12,16H,5-8H2,1-4H3,(H,21,24). The van der Waals surface area contributed by atoms with E-state index in [2.05, 4.69) is 10.4 Å². The van der Waals surface area contributed by atoms with Crippen molar-refractivity contribution in [1.82, 2.24) is 20.0 Å². The summed E-state index contributed by atoms with van der Waals surface area (Å²) in [7, 11) is 0. The number of hydrogen-bond donors (Lipinski definition) is 1. The van der Waals surface area contributed by atoms with Crippen molar-refractivity contribution >= 4 is 11.8 Å². The van der Waals surface area contributed by atoms with Crippen LogP contribution in [0.2, 0.25) is 0 Å². The third-order valence-electron chi connectivity index (χ3n) is 4.78. The van der Waals surface area contributed by atoms with Gasteiger partial charge in [-0.15, -0.1) is 0 Å². The van der Waals surface area contributed by atoms with Gasteiger partial charge in [0.05, 0.1) is 17.3 Å². The number of aryl methyl sites for hydroxylation is 2. The van der Waals surface area contributed by atoms with Gasteiger partial charge in [0, 0.05) is 31.4 Å². The van der Waals surface area contributed by atoms with E-state index in [1.165, 1.54) is 0 Å². The van der Waals surface area contributed by atoms with Crippen LogP contribution in [0.3, 0.4) is 0 Å². The number of aromatic nitrogens is 2. The van der Waals surface area contributed by atoms with E-state index < -0.39 is 0 Å². The minimum absolute atomic E-state index is 0.00276. The van der Waals surface area contributed by atoms with E-state index in [1.54, 1.807) is 30.1 Å². The first-order valence-corrected chi connectivity index (χ1v) is 9.06. The lowest BCUT2D eigenvalue weighted by Gasteiger charge is -2.32. The molecule has 1 aliphatic rings. The number of likely N-dealkylation sites (tertiary alicyclic amines) is 1. The van der Waals surface area contributed by atoms with Gasteiger partial charge in [-0.2, -0.15) is 5.10 Å². The maximum Gasteiger partial charge on any atom is 0.257 e. The van der Waals surface area contributed by atoms with E-state index in [-0.39, 0.29) is 23.9 Å². The molecule has 26 heavy (non-hydrogen) atoms. The van der Waals surface area contributed by atoms with Gasteiger partial charge in [-0.1, -0.05) is 0 Å². The van der Waals surface area contributed by atoms with Crippen LogP contribution < -0.4 is 5.32 Å². The summed E-state index contributed by atoms with van der Waals surface area (Å²) in [6, 6.07) is 2.06. The second-order valence-electron chi connectivity index (χ2n) is 7.17. The molecular formula is C19H26N4O3. The topological polar surface area (TPSA) is 80.4 Å². The minimum Gasteiger partial charge on any atom is -0.466 e. The van der Waals surface area contributed by atoms with Crippen LogP contribution in [-0.2, 0) is 0 Å². The molecule has 0 bridgehead atoms. The van der Waals surface area contributed by atoms with Crippen LogP contribution in [0.5, 0.6) is 0 Å². The third kappa shape index (κ3) is 3.81. The highest BCUT2D eigenvalue weighted by Gasteiger charge is 2.26. The van der Waals surface area contributed by atoms with Crippen molar-refractivity contribution in [2.24, 2.45) is 0 Å². The Morgan fingerprint density at radius 3 is 2.50 bits per heavy atom. The van der Waals surface area contributed by atoms with Crippen LogP contribution in [0.15, 0.2) is 22.9 Å². The Balaban J connectivity index is 1.54. The Bertz CT molecular complexity index is 798. The summed E-state index contributed by atoms with van der Waals surface area (Å²) < 4.78 is 7.21. The fourth-order valence-electron chi connectivity index (χ4n) is 3.26. The lowest BCUT2D eigenvalue weighted by molar-refractivity contribution is 0.0698. The number of carbonyl (C=O) groups is 2. The van der Waals surface area contributed by atoms with Gasteiger partial charge in [0.25, 0.3) is 11.8 Å². The first kappa shape index (κ1) is 18.2. The minimum atomic E-state index is -0.109. The van der Waals surface area contributed by atoms with Crippen molar-refractivity contribution < 1.29 is 14.0 Å². The number of amides is 2. The smallest absolute Gasteiger partial charge is 0.257 e. The fourth-order valence-corrected chi connectivity index (χ4v) is 3.26. The maximum absolute atomic E-state index is 12.6. The largest absolute Gasteiger partial charge is 0.466 e. The molecule has 0 saturated carbocycles. The first-order valence-electron chi connectivity index (χ1n) is 9.06. The van der Waals surface area contributed by atoms with Crippen LogP contribution >= 0.6 is 0 Å². The number of piperidine rings is 1. The Morgan fingerprint density at radius 2 is 1.96 bits per heavy atom. The zero-order valence-electron chi connectivity index (χ0n) is 15.8. The Kier molecular flexibility index (Phi) is 5.15. The van der Waals surface area contributed by atoms with Gasteiger partial charge in [0.2, 0.25) is 0 Å². The van der Waals surface area contributed by atoms with Crippen molar-refractivity contribution in [1.29, 1.82) is 0 Å². The molecule has 140 valence electrons. The van der Waals surface area contributed by atoms with Crippen molar-refractivity contribution in [3.63, 3.8) is 0 Å². The monoisotopic (exact) mass is 358 g/mol. The van der Waals surface area contributed by atoms with E-state index >= 15 is 0 Å². The Labute approximate surface area is 153 Å². The lowest BCUT2D eigenvalue weighted by atomic mass is 10.0. The molecular weight excluding hydrogens is 332 g/mol. The molecule has 0 unspecified atom stereocenters. The molecule has 0 aliphatic carbocycles. The van der Waals surface area contributed by atoms with Gasteiger partial charge >= 0.3 is 0 Å². The van der Waals surface area contributed by atoms with Crippen molar-refractivity contribution in [3.8, 4) is 0 Å². The molecule has 1 aliphatic heterocycles. The highest BCUT2D eigenvalue weighted by Crippen LogP contribution is 2.17. The van der Waals surface area contributed by atoms with Crippen LogP contribution in [0.4, 0.5) is 0 Å². The van der Waals surface area contributed by atoms with Crippen LogP contribution in [0, 0.1) is 13.8 Å². The van der Waals surface area contributed by atoms with E-state index in [0.717, 1.165) is 18.6 Å². The normalized spacial score (nSPS) is 15.5. The van der Waals surface area contributed by atoms with Gasteiger partial charge in [-0.3, -0.25) is 14.3 Å². The Morgan fingerprint density at radius 1 is 1.27 bits per heavy atom. The number of rotatable bonds is 4. The molecule has 2 aromatic heterocycles.